The van der Waals surface area contributed by atoms with E-state index in [2.05, 4.69) is 5.32 Å². The summed E-state index contributed by atoms with van der Waals surface area (Å²) >= 11 is 0.631. The average Bonchev–Trinajstić information content (AvgIpc) is 2.65. The SMILES string of the molecule is O=C(COc1ccc2ccccc2c1)Nc1ccccc1SCC(F)(F)F. The van der Waals surface area contributed by atoms with Crippen molar-refractivity contribution in [2.75, 3.05) is 17.7 Å². The highest BCUT2D eigenvalue weighted by Crippen LogP contribution is 2.32. The quantitative estimate of drug-likeness (QED) is 0.563. The Bertz CT molecular complexity index is 944. The van der Waals surface area contributed by atoms with E-state index in [1.807, 2.05) is 36.4 Å². The summed E-state index contributed by atoms with van der Waals surface area (Å²) in [7, 11) is 0. The van der Waals surface area contributed by atoms with Crippen LogP contribution in [-0.2, 0) is 4.79 Å². The van der Waals surface area contributed by atoms with Gasteiger partial charge in [0.1, 0.15) is 5.75 Å². The van der Waals surface area contributed by atoms with Crippen LogP contribution in [0.2, 0.25) is 0 Å². The van der Waals surface area contributed by atoms with E-state index >= 15 is 0 Å². The lowest BCUT2D eigenvalue weighted by molar-refractivity contribution is -0.118. The van der Waals surface area contributed by atoms with Crippen LogP contribution in [0, 0.1) is 0 Å². The molecule has 1 N–H and O–H groups in total. The number of nitrogens with one attached hydrogen (secondary N) is 1. The predicted molar refractivity (Wildman–Crippen MR) is 101 cm³/mol. The summed E-state index contributed by atoms with van der Waals surface area (Å²) in [6.45, 7) is -0.239. The highest BCUT2D eigenvalue weighted by atomic mass is 32.2. The van der Waals surface area contributed by atoms with E-state index in [4.69, 9.17) is 4.74 Å². The number of carbonyl (C=O) groups is 1. The highest BCUT2D eigenvalue weighted by molar-refractivity contribution is 7.99. The molecule has 3 rings (SSSR count). The van der Waals surface area contributed by atoms with Crippen LogP contribution in [0.3, 0.4) is 0 Å². The van der Waals surface area contributed by atoms with Crippen LogP contribution in [0.15, 0.2) is 71.6 Å². The van der Waals surface area contributed by atoms with Crippen molar-refractivity contribution in [1.29, 1.82) is 0 Å². The van der Waals surface area contributed by atoms with Gasteiger partial charge < -0.3 is 10.1 Å². The number of alkyl halides is 3. The van der Waals surface area contributed by atoms with Crippen molar-refractivity contribution in [2.24, 2.45) is 0 Å². The van der Waals surface area contributed by atoms with Gasteiger partial charge in [-0.05, 0) is 35.0 Å². The van der Waals surface area contributed by atoms with Gasteiger partial charge in [-0.1, -0.05) is 42.5 Å². The predicted octanol–water partition coefficient (Wildman–Crippen LogP) is 5.51. The normalized spacial score (nSPS) is 11.4. The van der Waals surface area contributed by atoms with E-state index in [0.29, 0.717) is 28.1 Å². The number of hydrogen-bond donors (Lipinski definition) is 1. The van der Waals surface area contributed by atoms with E-state index in [1.54, 1.807) is 24.3 Å². The van der Waals surface area contributed by atoms with Crippen LogP contribution in [0.5, 0.6) is 5.75 Å². The third-order valence-electron chi connectivity index (χ3n) is 3.64. The molecule has 0 atom stereocenters. The Labute approximate surface area is 158 Å². The molecule has 0 spiro atoms. The lowest BCUT2D eigenvalue weighted by atomic mass is 10.1. The Morgan fingerprint density at radius 2 is 1.67 bits per heavy atom. The number of anilines is 1. The molecule has 0 saturated heterocycles. The number of carbonyl (C=O) groups excluding carboxylic acids is 1. The van der Waals surface area contributed by atoms with Gasteiger partial charge in [0.25, 0.3) is 5.91 Å². The van der Waals surface area contributed by atoms with Crippen LogP contribution in [0.25, 0.3) is 10.8 Å². The van der Waals surface area contributed by atoms with Crippen molar-refractivity contribution in [3.05, 3.63) is 66.7 Å². The van der Waals surface area contributed by atoms with Gasteiger partial charge in [-0.3, -0.25) is 4.79 Å². The van der Waals surface area contributed by atoms with Crippen molar-refractivity contribution >= 4 is 34.1 Å². The smallest absolute Gasteiger partial charge is 0.398 e. The first-order chi connectivity index (χ1) is 12.9. The summed E-state index contributed by atoms with van der Waals surface area (Å²) in [5.41, 5.74) is 0.332. The topological polar surface area (TPSA) is 38.3 Å². The van der Waals surface area contributed by atoms with Gasteiger partial charge in [-0.25, -0.2) is 0 Å². The number of fused-ring (bicyclic) bond motifs is 1. The second-order valence-corrected chi connectivity index (χ2v) is 6.76. The molecule has 3 aromatic carbocycles. The molecule has 0 aliphatic rings. The fourth-order valence-electron chi connectivity index (χ4n) is 2.45. The number of halogens is 3. The van der Waals surface area contributed by atoms with Crippen LogP contribution in [-0.4, -0.2) is 24.4 Å². The first kappa shape index (κ1) is 19.1. The Morgan fingerprint density at radius 3 is 2.44 bits per heavy atom. The zero-order valence-electron chi connectivity index (χ0n) is 14.1. The maximum Gasteiger partial charge on any atom is 0.398 e. The first-order valence-corrected chi connectivity index (χ1v) is 9.09. The monoisotopic (exact) mass is 391 g/mol. The Balaban J connectivity index is 1.60. The van der Waals surface area contributed by atoms with Gasteiger partial charge in [0.15, 0.2) is 6.61 Å². The van der Waals surface area contributed by atoms with Crippen molar-refractivity contribution in [2.45, 2.75) is 11.1 Å². The maximum atomic E-state index is 12.4. The number of amides is 1. The summed E-state index contributed by atoms with van der Waals surface area (Å²) < 4.78 is 42.8. The van der Waals surface area contributed by atoms with Gasteiger partial charge in [-0.15, -0.1) is 11.8 Å². The zero-order chi connectivity index (χ0) is 19.3. The highest BCUT2D eigenvalue weighted by Gasteiger charge is 2.27. The van der Waals surface area contributed by atoms with Crippen molar-refractivity contribution in [3.8, 4) is 5.75 Å². The fraction of sp³-hybridized carbons (Fsp3) is 0.150. The number of benzene rings is 3. The van der Waals surface area contributed by atoms with Gasteiger partial charge in [-0.2, -0.15) is 13.2 Å². The molecule has 3 nitrogen and oxygen atoms in total. The molecule has 0 aromatic heterocycles. The second-order valence-electron chi connectivity index (χ2n) is 5.75. The molecule has 0 heterocycles. The number of ether oxygens (including phenoxy) is 1. The van der Waals surface area contributed by atoms with Crippen LogP contribution >= 0.6 is 11.8 Å². The Hall–Kier alpha value is -2.67. The van der Waals surface area contributed by atoms with Crippen LogP contribution in [0.1, 0.15) is 0 Å². The first-order valence-electron chi connectivity index (χ1n) is 8.11. The van der Waals surface area contributed by atoms with E-state index in [9.17, 15) is 18.0 Å². The largest absolute Gasteiger partial charge is 0.484 e. The standard InChI is InChI=1S/C20H16F3NO2S/c21-20(22,23)13-27-18-8-4-3-7-17(18)24-19(25)12-26-16-10-9-14-5-1-2-6-15(14)11-16/h1-11H,12-13H2,(H,24,25). The summed E-state index contributed by atoms with van der Waals surface area (Å²) in [6, 6.07) is 19.6. The van der Waals surface area contributed by atoms with E-state index in [1.165, 1.54) is 6.07 Å². The molecule has 3 aromatic rings. The van der Waals surface area contributed by atoms with E-state index in [0.717, 1.165) is 10.8 Å². The minimum Gasteiger partial charge on any atom is -0.484 e. The zero-order valence-corrected chi connectivity index (χ0v) is 14.9. The summed E-state index contributed by atoms with van der Waals surface area (Å²) in [5.74, 6) is -0.917. The summed E-state index contributed by atoms with van der Waals surface area (Å²) in [6.07, 6.45) is -4.28. The number of hydrogen-bond acceptors (Lipinski definition) is 3. The third kappa shape index (κ3) is 5.65. The molecule has 0 saturated carbocycles. The molecule has 0 unspecified atom stereocenters. The molecular weight excluding hydrogens is 375 g/mol. The van der Waals surface area contributed by atoms with E-state index < -0.39 is 17.8 Å². The molecule has 0 aliphatic heterocycles. The van der Waals surface area contributed by atoms with Gasteiger partial charge in [0.2, 0.25) is 0 Å². The molecular formula is C20H16F3NO2S. The molecule has 0 radical (unpaired) electrons. The van der Waals surface area contributed by atoms with Crippen molar-refractivity contribution in [1.82, 2.24) is 0 Å². The van der Waals surface area contributed by atoms with Crippen molar-refractivity contribution in [3.63, 3.8) is 0 Å². The lowest BCUT2D eigenvalue weighted by Crippen LogP contribution is -2.20. The third-order valence-corrected chi connectivity index (χ3v) is 4.78. The molecule has 0 fully saturated rings. The molecule has 0 bridgehead atoms. The fourth-order valence-corrected chi connectivity index (χ4v) is 3.22. The summed E-state index contributed by atoms with van der Waals surface area (Å²) in [4.78, 5) is 12.5. The number of thioether (sulfide) groups is 1. The van der Waals surface area contributed by atoms with E-state index in [-0.39, 0.29) is 6.61 Å². The van der Waals surface area contributed by atoms with Gasteiger partial charge >= 0.3 is 6.18 Å². The summed E-state index contributed by atoms with van der Waals surface area (Å²) in [5, 5.41) is 4.65. The number of rotatable bonds is 6. The molecule has 1 amide bonds. The minimum atomic E-state index is -4.28. The molecule has 140 valence electrons. The van der Waals surface area contributed by atoms with Gasteiger partial charge in [0.05, 0.1) is 11.4 Å². The minimum absolute atomic E-state index is 0.239. The van der Waals surface area contributed by atoms with Gasteiger partial charge in [0, 0.05) is 4.90 Å². The lowest BCUT2D eigenvalue weighted by Gasteiger charge is -2.12. The van der Waals surface area contributed by atoms with Crippen LogP contribution in [0.4, 0.5) is 18.9 Å². The Morgan fingerprint density at radius 1 is 0.963 bits per heavy atom. The average molecular weight is 391 g/mol. The van der Waals surface area contributed by atoms with Crippen LogP contribution < -0.4 is 10.1 Å². The Kier molecular flexibility index (Phi) is 5.91. The second kappa shape index (κ2) is 8.35. The molecule has 27 heavy (non-hydrogen) atoms. The molecule has 7 heteroatoms. The maximum absolute atomic E-state index is 12.4. The van der Waals surface area contributed by atoms with Crippen molar-refractivity contribution < 1.29 is 22.7 Å². The number of para-hydroxylation sites is 1. The molecule has 0 aliphatic carbocycles.